The predicted octanol–water partition coefficient (Wildman–Crippen LogP) is 2.51. The molecule has 0 bridgehead atoms. The summed E-state index contributed by atoms with van der Waals surface area (Å²) in [5, 5.41) is 9.76. The van der Waals surface area contributed by atoms with Crippen molar-refractivity contribution in [2.45, 2.75) is 58.9 Å². The van der Waals surface area contributed by atoms with E-state index in [1.165, 1.54) is 0 Å². The molecule has 7 heteroatoms. The topological polar surface area (TPSA) is 69.6 Å². The smallest absolute Gasteiger partial charge is 0.222 e. The van der Waals surface area contributed by atoms with Crippen molar-refractivity contribution < 1.29 is 4.79 Å². The van der Waals surface area contributed by atoms with Gasteiger partial charge in [0, 0.05) is 43.4 Å². The first-order valence-corrected chi connectivity index (χ1v) is 10.0. The lowest BCUT2D eigenvalue weighted by atomic mass is 9.93. The van der Waals surface area contributed by atoms with Gasteiger partial charge in [-0.05, 0) is 19.8 Å². The lowest BCUT2D eigenvalue weighted by Crippen LogP contribution is -2.39. The average molecular weight is 366 g/mol. The third-order valence-electron chi connectivity index (χ3n) is 4.11. The van der Waals surface area contributed by atoms with Gasteiger partial charge in [-0.3, -0.25) is 4.79 Å². The second-order valence-electron chi connectivity index (χ2n) is 7.34. The highest BCUT2D eigenvalue weighted by molar-refractivity contribution is 7.09. The van der Waals surface area contributed by atoms with Gasteiger partial charge in [0.05, 0.1) is 12.2 Å². The average Bonchev–Trinajstić information content (AvgIpc) is 3.18. The number of hydrogen-bond acceptors (Lipinski definition) is 4. The molecule has 0 aromatic carbocycles. The summed E-state index contributed by atoms with van der Waals surface area (Å²) in [6.07, 6.45) is 2.64. The van der Waals surface area contributed by atoms with E-state index in [0.29, 0.717) is 18.9 Å². The van der Waals surface area contributed by atoms with Crippen molar-refractivity contribution in [3.8, 4) is 0 Å². The summed E-state index contributed by atoms with van der Waals surface area (Å²) in [5.41, 5.74) is 1.20. The Labute approximate surface area is 155 Å². The summed E-state index contributed by atoms with van der Waals surface area (Å²) < 4.78 is 0. The zero-order valence-corrected chi connectivity index (χ0v) is 16.7. The van der Waals surface area contributed by atoms with Gasteiger partial charge >= 0.3 is 0 Å². The van der Waals surface area contributed by atoms with Crippen molar-refractivity contribution in [2.75, 3.05) is 26.2 Å². The second kappa shape index (κ2) is 9.17. The van der Waals surface area contributed by atoms with Gasteiger partial charge in [0.15, 0.2) is 5.96 Å². The third kappa shape index (κ3) is 6.30. The molecule has 6 nitrogen and oxygen atoms in total. The van der Waals surface area contributed by atoms with Crippen molar-refractivity contribution in [2.24, 2.45) is 4.99 Å². The summed E-state index contributed by atoms with van der Waals surface area (Å²) in [4.78, 5) is 22.9. The molecule has 0 saturated carbocycles. The Morgan fingerprint density at radius 3 is 2.80 bits per heavy atom. The number of rotatable bonds is 7. The van der Waals surface area contributed by atoms with Crippen molar-refractivity contribution in [3.63, 3.8) is 0 Å². The zero-order valence-electron chi connectivity index (χ0n) is 15.9. The highest BCUT2D eigenvalue weighted by Gasteiger charge is 2.19. The standard InChI is InChI=1S/C18H31N5OS/c1-5-19-17(20-9-7-11-23-10-6-8-16(23)24)21-12-15-22-14(13-25-15)18(2,3)4/h13H,5-12H2,1-4H3,(H2,19,20,21). The molecule has 1 aliphatic heterocycles. The Morgan fingerprint density at radius 2 is 2.20 bits per heavy atom. The van der Waals surface area contributed by atoms with Crippen LogP contribution in [0.1, 0.15) is 57.7 Å². The van der Waals surface area contributed by atoms with E-state index < -0.39 is 0 Å². The van der Waals surface area contributed by atoms with Crippen molar-refractivity contribution in [1.29, 1.82) is 0 Å². The number of nitrogens with zero attached hydrogens (tertiary/aromatic N) is 3. The number of hydrogen-bond donors (Lipinski definition) is 2. The minimum absolute atomic E-state index is 0.0776. The van der Waals surface area contributed by atoms with E-state index in [1.54, 1.807) is 11.3 Å². The van der Waals surface area contributed by atoms with Crippen LogP contribution in [-0.4, -0.2) is 47.9 Å². The zero-order chi connectivity index (χ0) is 18.3. The quantitative estimate of drug-likeness (QED) is 0.442. The Balaban J connectivity index is 1.79. The molecule has 1 fully saturated rings. The van der Waals surface area contributed by atoms with Crippen LogP contribution in [0.15, 0.2) is 10.4 Å². The van der Waals surface area contributed by atoms with Gasteiger partial charge < -0.3 is 15.5 Å². The van der Waals surface area contributed by atoms with E-state index in [0.717, 1.165) is 55.7 Å². The van der Waals surface area contributed by atoms with E-state index in [-0.39, 0.29) is 5.41 Å². The molecule has 1 aliphatic rings. The van der Waals surface area contributed by atoms with Crippen LogP contribution in [0.25, 0.3) is 0 Å². The Hall–Kier alpha value is -1.63. The van der Waals surface area contributed by atoms with Crippen LogP contribution in [0.3, 0.4) is 0 Å². The lowest BCUT2D eigenvalue weighted by molar-refractivity contribution is -0.127. The molecule has 1 aromatic heterocycles. The number of amides is 1. The maximum absolute atomic E-state index is 11.6. The molecule has 1 saturated heterocycles. The second-order valence-corrected chi connectivity index (χ2v) is 8.28. The molecule has 140 valence electrons. The summed E-state index contributed by atoms with van der Waals surface area (Å²) in [6.45, 7) is 12.5. The van der Waals surface area contributed by atoms with Gasteiger partial charge in [-0.15, -0.1) is 11.3 Å². The Kier molecular flexibility index (Phi) is 7.23. The monoisotopic (exact) mass is 365 g/mol. The molecule has 0 radical (unpaired) electrons. The van der Waals surface area contributed by atoms with E-state index in [1.807, 2.05) is 4.90 Å². The van der Waals surface area contributed by atoms with E-state index >= 15 is 0 Å². The predicted molar refractivity (Wildman–Crippen MR) is 104 cm³/mol. The van der Waals surface area contributed by atoms with Gasteiger partial charge in [0.1, 0.15) is 5.01 Å². The first-order chi connectivity index (χ1) is 11.9. The number of aromatic nitrogens is 1. The van der Waals surface area contributed by atoms with Gasteiger partial charge in [-0.1, -0.05) is 20.8 Å². The van der Waals surface area contributed by atoms with Crippen LogP contribution in [0, 0.1) is 0 Å². The van der Waals surface area contributed by atoms with Crippen LogP contribution >= 0.6 is 11.3 Å². The highest BCUT2D eigenvalue weighted by Crippen LogP contribution is 2.24. The molecule has 0 unspecified atom stereocenters. The van der Waals surface area contributed by atoms with Crippen LogP contribution in [0.5, 0.6) is 0 Å². The van der Waals surface area contributed by atoms with E-state index in [9.17, 15) is 4.79 Å². The Morgan fingerprint density at radius 1 is 1.40 bits per heavy atom. The fourth-order valence-corrected chi connectivity index (χ4v) is 3.58. The molecule has 0 atom stereocenters. The summed E-state index contributed by atoms with van der Waals surface area (Å²) in [7, 11) is 0. The molecule has 1 aromatic rings. The molecular weight excluding hydrogens is 334 g/mol. The largest absolute Gasteiger partial charge is 0.357 e. The minimum Gasteiger partial charge on any atom is -0.357 e. The number of likely N-dealkylation sites (tertiary alicyclic amines) is 1. The number of carbonyl (C=O) groups is 1. The van der Waals surface area contributed by atoms with Crippen LogP contribution in [0.2, 0.25) is 0 Å². The number of thiazole rings is 1. The molecule has 0 aliphatic carbocycles. The Bertz CT molecular complexity index is 591. The third-order valence-corrected chi connectivity index (χ3v) is 4.94. The van der Waals surface area contributed by atoms with Gasteiger partial charge in [0.2, 0.25) is 5.91 Å². The van der Waals surface area contributed by atoms with Crippen LogP contribution in [0.4, 0.5) is 0 Å². The first kappa shape index (κ1) is 19.7. The number of carbonyl (C=O) groups excluding carboxylic acids is 1. The molecule has 25 heavy (non-hydrogen) atoms. The number of nitrogens with one attached hydrogen (secondary N) is 2. The van der Waals surface area contributed by atoms with Crippen LogP contribution in [-0.2, 0) is 16.8 Å². The molecule has 2 rings (SSSR count). The van der Waals surface area contributed by atoms with E-state index in [2.05, 4.69) is 53.7 Å². The normalized spacial score (nSPS) is 15.8. The maximum atomic E-state index is 11.6. The van der Waals surface area contributed by atoms with Gasteiger partial charge in [-0.25, -0.2) is 9.98 Å². The fraction of sp³-hybridized carbons (Fsp3) is 0.722. The first-order valence-electron chi connectivity index (χ1n) is 9.15. The molecule has 2 N–H and O–H groups in total. The molecule has 1 amide bonds. The minimum atomic E-state index is 0.0776. The van der Waals surface area contributed by atoms with E-state index in [4.69, 9.17) is 0 Å². The number of aliphatic imine (C=N–C) groups is 1. The fourth-order valence-electron chi connectivity index (χ4n) is 2.63. The summed E-state index contributed by atoms with van der Waals surface area (Å²) >= 11 is 1.66. The SMILES string of the molecule is CCNC(=NCc1nc(C(C)(C)C)cs1)NCCCN1CCCC1=O. The highest BCUT2D eigenvalue weighted by atomic mass is 32.1. The molecular formula is C18H31N5OS. The van der Waals surface area contributed by atoms with Crippen LogP contribution < -0.4 is 10.6 Å². The summed E-state index contributed by atoms with van der Waals surface area (Å²) in [6, 6.07) is 0. The van der Waals surface area contributed by atoms with Crippen molar-refractivity contribution in [3.05, 3.63) is 16.1 Å². The lowest BCUT2D eigenvalue weighted by Gasteiger charge is -2.16. The number of guanidine groups is 1. The van der Waals surface area contributed by atoms with Gasteiger partial charge in [-0.2, -0.15) is 0 Å². The molecule has 2 heterocycles. The van der Waals surface area contributed by atoms with Crippen molar-refractivity contribution in [1.82, 2.24) is 20.5 Å². The molecule has 0 spiro atoms. The van der Waals surface area contributed by atoms with Crippen molar-refractivity contribution >= 4 is 23.2 Å². The maximum Gasteiger partial charge on any atom is 0.222 e. The van der Waals surface area contributed by atoms with Gasteiger partial charge in [0.25, 0.3) is 0 Å². The summed E-state index contributed by atoms with van der Waals surface area (Å²) in [5.74, 6) is 1.10.